The highest BCUT2D eigenvalue weighted by atomic mass is 15.3. The second-order valence-electron chi connectivity index (χ2n) is 5.31. The van der Waals surface area contributed by atoms with Gasteiger partial charge in [0.05, 0.1) is 0 Å². The zero-order valence-corrected chi connectivity index (χ0v) is 12.4. The van der Waals surface area contributed by atoms with Gasteiger partial charge in [0.2, 0.25) is 5.95 Å². The van der Waals surface area contributed by atoms with E-state index in [9.17, 15) is 0 Å². The minimum atomic E-state index is 0.618. The summed E-state index contributed by atoms with van der Waals surface area (Å²) in [5.41, 5.74) is 2.31. The lowest BCUT2D eigenvalue weighted by molar-refractivity contribution is 0.442. The molecule has 1 fully saturated rings. The van der Waals surface area contributed by atoms with Gasteiger partial charge in [-0.2, -0.15) is 0 Å². The van der Waals surface area contributed by atoms with Crippen LogP contribution < -0.4 is 10.2 Å². The number of piperidine rings is 1. The van der Waals surface area contributed by atoms with Gasteiger partial charge in [-0.05, 0) is 39.2 Å². The van der Waals surface area contributed by atoms with Crippen LogP contribution in [0.4, 0.5) is 5.95 Å². The lowest BCUT2D eigenvalue weighted by atomic mass is 10.0. The molecule has 4 nitrogen and oxygen atoms in total. The maximum atomic E-state index is 4.72. The molecule has 1 N–H and O–H groups in total. The molecule has 2 heterocycles. The minimum absolute atomic E-state index is 0.618. The molecule has 1 aliphatic heterocycles. The zero-order valence-electron chi connectivity index (χ0n) is 12.4. The summed E-state index contributed by atoms with van der Waals surface area (Å²) in [5.74, 6) is 0.921. The van der Waals surface area contributed by atoms with E-state index in [-0.39, 0.29) is 0 Å². The molecule has 4 heteroatoms. The van der Waals surface area contributed by atoms with Crippen LogP contribution in [-0.4, -0.2) is 29.1 Å². The van der Waals surface area contributed by atoms with Crippen molar-refractivity contribution < 1.29 is 0 Å². The normalized spacial score (nSPS) is 19.7. The molecule has 2 rings (SSSR count). The van der Waals surface area contributed by atoms with Crippen LogP contribution in [0.15, 0.2) is 6.20 Å². The fourth-order valence-electron chi connectivity index (χ4n) is 2.74. The maximum absolute atomic E-state index is 4.72. The minimum Gasteiger partial charge on any atom is -0.338 e. The Morgan fingerprint density at radius 1 is 1.37 bits per heavy atom. The number of hydrogen-bond acceptors (Lipinski definition) is 4. The van der Waals surface area contributed by atoms with E-state index >= 15 is 0 Å². The molecule has 0 saturated carbocycles. The number of aryl methyl sites for hydroxylation is 1. The van der Waals surface area contributed by atoms with Crippen molar-refractivity contribution in [2.45, 2.75) is 59.0 Å². The smallest absolute Gasteiger partial charge is 0.225 e. The molecule has 1 aromatic heterocycles. The van der Waals surface area contributed by atoms with Crippen molar-refractivity contribution in [2.24, 2.45) is 0 Å². The molecule has 0 aliphatic carbocycles. The third kappa shape index (κ3) is 3.44. The van der Waals surface area contributed by atoms with Crippen LogP contribution in [0.25, 0.3) is 0 Å². The number of hydrogen-bond donors (Lipinski definition) is 1. The fourth-order valence-corrected chi connectivity index (χ4v) is 2.74. The Labute approximate surface area is 116 Å². The van der Waals surface area contributed by atoms with E-state index in [1.807, 2.05) is 6.20 Å². The average Bonchev–Trinajstić information content (AvgIpc) is 2.46. The number of aromatic nitrogens is 2. The Kier molecular flexibility index (Phi) is 5.14. The second-order valence-corrected chi connectivity index (χ2v) is 5.31. The van der Waals surface area contributed by atoms with Gasteiger partial charge in [0.25, 0.3) is 0 Å². The predicted octanol–water partition coefficient (Wildman–Crippen LogP) is 2.66. The molecule has 1 atom stereocenters. The lowest BCUT2D eigenvalue weighted by Gasteiger charge is -2.35. The summed E-state index contributed by atoms with van der Waals surface area (Å²) in [7, 11) is 0. The third-order valence-electron chi connectivity index (χ3n) is 3.99. The van der Waals surface area contributed by atoms with Gasteiger partial charge in [-0.25, -0.2) is 9.97 Å². The first kappa shape index (κ1) is 14.3. The number of anilines is 1. The SMILES string of the molecule is CCNCc1cnc(N2CCCCC2CC)nc1C. The highest BCUT2D eigenvalue weighted by Crippen LogP contribution is 2.24. The summed E-state index contributed by atoms with van der Waals surface area (Å²) in [4.78, 5) is 11.7. The van der Waals surface area contributed by atoms with Crippen LogP contribution in [0.1, 0.15) is 50.8 Å². The summed E-state index contributed by atoms with van der Waals surface area (Å²) in [6, 6.07) is 0.618. The Bertz CT molecular complexity index is 405. The molecule has 0 amide bonds. The van der Waals surface area contributed by atoms with E-state index in [0.717, 1.165) is 31.3 Å². The van der Waals surface area contributed by atoms with Crippen LogP contribution in [0.5, 0.6) is 0 Å². The van der Waals surface area contributed by atoms with Gasteiger partial charge >= 0.3 is 0 Å². The van der Waals surface area contributed by atoms with Gasteiger partial charge in [0.1, 0.15) is 0 Å². The molecule has 1 aliphatic rings. The van der Waals surface area contributed by atoms with Crippen LogP contribution >= 0.6 is 0 Å². The van der Waals surface area contributed by atoms with Gasteiger partial charge in [-0.15, -0.1) is 0 Å². The van der Waals surface area contributed by atoms with Crippen LogP contribution in [0.3, 0.4) is 0 Å². The van der Waals surface area contributed by atoms with Gasteiger partial charge in [-0.3, -0.25) is 0 Å². The molecular formula is C15H26N4. The molecule has 0 bridgehead atoms. The zero-order chi connectivity index (χ0) is 13.7. The van der Waals surface area contributed by atoms with Crippen molar-refractivity contribution in [3.8, 4) is 0 Å². The van der Waals surface area contributed by atoms with E-state index in [1.165, 1.54) is 31.2 Å². The molecule has 0 aromatic carbocycles. The Hall–Kier alpha value is -1.16. The summed E-state index contributed by atoms with van der Waals surface area (Å²) in [6.07, 6.45) is 7.05. The van der Waals surface area contributed by atoms with Crippen molar-refractivity contribution in [3.63, 3.8) is 0 Å². The van der Waals surface area contributed by atoms with Crippen LogP contribution in [0.2, 0.25) is 0 Å². The summed E-state index contributed by atoms with van der Waals surface area (Å²) < 4.78 is 0. The highest BCUT2D eigenvalue weighted by molar-refractivity contribution is 5.35. The summed E-state index contributed by atoms with van der Waals surface area (Å²) in [6.45, 7) is 9.40. The number of nitrogens with one attached hydrogen (secondary N) is 1. The van der Waals surface area contributed by atoms with Gasteiger partial charge in [0.15, 0.2) is 0 Å². The van der Waals surface area contributed by atoms with Crippen molar-refractivity contribution in [2.75, 3.05) is 18.0 Å². The Morgan fingerprint density at radius 2 is 2.21 bits per heavy atom. The van der Waals surface area contributed by atoms with Crippen molar-refractivity contribution in [3.05, 3.63) is 17.5 Å². The molecule has 1 aromatic rings. The first-order valence-corrected chi connectivity index (χ1v) is 7.56. The largest absolute Gasteiger partial charge is 0.338 e. The summed E-state index contributed by atoms with van der Waals surface area (Å²) >= 11 is 0. The average molecular weight is 262 g/mol. The van der Waals surface area contributed by atoms with Crippen molar-refractivity contribution in [1.82, 2.24) is 15.3 Å². The van der Waals surface area contributed by atoms with Gasteiger partial charge in [-0.1, -0.05) is 13.8 Å². The molecule has 1 saturated heterocycles. The molecule has 0 radical (unpaired) electrons. The summed E-state index contributed by atoms with van der Waals surface area (Å²) in [5, 5.41) is 3.33. The van der Waals surface area contributed by atoms with Crippen LogP contribution in [0, 0.1) is 6.92 Å². The standard InChI is InChI=1S/C15H26N4/c1-4-14-8-6-7-9-19(14)15-17-11-13(10-16-5-2)12(3)18-15/h11,14,16H,4-10H2,1-3H3. The quantitative estimate of drug-likeness (QED) is 0.885. The van der Waals surface area contributed by atoms with E-state index in [4.69, 9.17) is 4.98 Å². The van der Waals surface area contributed by atoms with Crippen molar-refractivity contribution in [1.29, 1.82) is 0 Å². The van der Waals surface area contributed by atoms with E-state index in [2.05, 4.69) is 36.0 Å². The van der Waals surface area contributed by atoms with Gasteiger partial charge < -0.3 is 10.2 Å². The van der Waals surface area contributed by atoms with E-state index in [0.29, 0.717) is 6.04 Å². The Balaban J connectivity index is 2.13. The van der Waals surface area contributed by atoms with Gasteiger partial charge in [0, 0.05) is 36.6 Å². The van der Waals surface area contributed by atoms with E-state index in [1.54, 1.807) is 0 Å². The third-order valence-corrected chi connectivity index (χ3v) is 3.99. The fraction of sp³-hybridized carbons (Fsp3) is 0.733. The Morgan fingerprint density at radius 3 is 2.89 bits per heavy atom. The maximum Gasteiger partial charge on any atom is 0.225 e. The molecule has 19 heavy (non-hydrogen) atoms. The molecule has 0 spiro atoms. The van der Waals surface area contributed by atoms with Crippen molar-refractivity contribution >= 4 is 5.95 Å². The molecular weight excluding hydrogens is 236 g/mol. The first-order chi connectivity index (χ1) is 9.26. The lowest BCUT2D eigenvalue weighted by Crippen LogP contribution is -2.40. The number of rotatable bonds is 5. The number of nitrogens with zero attached hydrogens (tertiary/aromatic N) is 3. The van der Waals surface area contributed by atoms with E-state index < -0.39 is 0 Å². The second kappa shape index (κ2) is 6.85. The monoisotopic (exact) mass is 262 g/mol. The first-order valence-electron chi connectivity index (χ1n) is 7.56. The van der Waals surface area contributed by atoms with Crippen LogP contribution in [-0.2, 0) is 6.54 Å². The molecule has 106 valence electrons. The predicted molar refractivity (Wildman–Crippen MR) is 79.4 cm³/mol. The topological polar surface area (TPSA) is 41.1 Å². The highest BCUT2D eigenvalue weighted by Gasteiger charge is 2.23. The molecule has 1 unspecified atom stereocenters.